The second kappa shape index (κ2) is 8.86. The lowest BCUT2D eigenvalue weighted by atomic mass is 10.0. The van der Waals surface area contributed by atoms with E-state index in [1.54, 1.807) is 4.98 Å². The first-order valence-corrected chi connectivity index (χ1v) is 12.7. The molecule has 31 heavy (non-hydrogen) atoms. The number of aromatic amines is 1. The van der Waals surface area contributed by atoms with Gasteiger partial charge < -0.3 is 24.3 Å². The van der Waals surface area contributed by atoms with Gasteiger partial charge in [0.25, 0.3) is 11.5 Å². The van der Waals surface area contributed by atoms with Crippen molar-refractivity contribution >= 4 is 35.1 Å². The maximum Gasteiger partial charge on any atom is 0.490 e. The van der Waals surface area contributed by atoms with E-state index in [9.17, 15) is 37.0 Å². The third kappa shape index (κ3) is 7.09. The van der Waals surface area contributed by atoms with E-state index < -0.39 is 71.4 Å². The number of hydrogen-bond donors (Lipinski definition) is 5. The Hall–Kier alpha value is -0.800. The molecule has 1 aromatic rings. The topological polar surface area (TPSA) is 224 Å². The highest BCUT2D eigenvalue weighted by Gasteiger charge is 2.59. The summed E-state index contributed by atoms with van der Waals surface area (Å²) in [4.78, 5) is 60.1. The van der Waals surface area contributed by atoms with E-state index in [4.69, 9.17) is 31.0 Å². The zero-order valence-corrected chi connectivity index (χ0v) is 18.2. The number of hydrogen-bond acceptors (Lipinski definition) is 9. The Morgan fingerprint density at radius 3 is 2.32 bits per heavy atom. The van der Waals surface area contributed by atoms with Crippen LogP contribution in [0.4, 0.5) is 8.78 Å². The quantitative estimate of drug-likeness (QED) is 0.213. The first-order valence-electron chi connectivity index (χ1n) is 7.61. The molecule has 1 aliphatic heterocycles. The number of alkyl halides is 3. The van der Waals surface area contributed by atoms with E-state index in [-0.39, 0.29) is 0 Å². The zero-order chi connectivity index (χ0) is 23.9. The number of H-pyrrole nitrogens is 1. The van der Waals surface area contributed by atoms with Crippen LogP contribution in [-0.2, 0) is 31.6 Å². The molecule has 2 unspecified atom stereocenters. The summed E-state index contributed by atoms with van der Waals surface area (Å²) < 4.78 is 79.4. The van der Waals surface area contributed by atoms with Gasteiger partial charge in [-0.25, -0.2) is 27.3 Å². The first-order chi connectivity index (χ1) is 13.9. The maximum absolute atomic E-state index is 14.5. The first kappa shape index (κ1) is 26.5. The normalized spacial score (nSPS) is 27.5. The molecule has 1 saturated heterocycles. The van der Waals surface area contributed by atoms with Crippen molar-refractivity contribution in [2.75, 3.05) is 12.5 Å². The SMILES string of the molecule is O=c1ccn([C@@H]2O[C@](CCl)(COP(=O)(O)OP(=O)(O)OP(=O)(O)O)CC2(F)F)c(=O)[nH]1. The maximum atomic E-state index is 14.5. The number of nitrogens with one attached hydrogen (secondary N) is 1. The van der Waals surface area contributed by atoms with Crippen molar-refractivity contribution in [1.82, 2.24) is 9.55 Å². The Morgan fingerprint density at radius 1 is 1.19 bits per heavy atom. The Morgan fingerprint density at radius 2 is 1.81 bits per heavy atom. The highest BCUT2D eigenvalue weighted by atomic mass is 35.5. The number of nitrogens with zero attached hydrogens (tertiary/aromatic N) is 1. The van der Waals surface area contributed by atoms with Gasteiger partial charge in [-0.15, -0.1) is 11.6 Å². The van der Waals surface area contributed by atoms with Crippen molar-refractivity contribution in [1.29, 1.82) is 0 Å². The van der Waals surface area contributed by atoms with Gasteiger partial charge in [-0.1, -0.05) is 0 Å². The third-order valence-electron chi connectivity index (χ3n) is 3.53. The monoisotopic (exact) mass is 536 g/mol. The van der Waals surface area contributed by atoms with Gasteiger partial charge in [-0.2, -0.15) is 8.62 Å². The van der Waals surface area contributed by atoms with Crippen molar-refractivity contribution < 1.29 is 59.9 Å². The summed E-state index contributed by atoms with van der Waals surface area (Å²) in [7, 11) is -17.1. The molecule has 0 radical (unpaired) electrons. The van der Waals surface area contributed by atoms with Crippen molar-refractivity contribution in [3.63, 3.8) is 0 Å². The minimum absolute atomic E-state index is 0.334. The van der Waals surface area contributed by atoms with Gasteiger partial charge in [0.1, 0.15) is 5.60 Å². The van der Waals surface area contributed by atoms with Crippen LogP contribution in [0.3, 0.4) is 0 Å². The molecule has 4 atom stereocenters. The van der Waals surface area contributed by atoms with Gasteiger partial charge in [-0.05, 0) is 0 Å². The van der Waals surface area contributed by atoms with Crippen LogP contribution in [0.15, 0.2) is 21.9 Å². The molecular weight excluding hydrogens is 522 g/mol. The lowest BCUT2D eigenvalue weighted by Gasteiger charge is -2.27. The Balaban J connectivity index is 2.20. The van der Waals surface area contributed by atoms with E-state index in [1.807, 2.05) is 0 Å². The summed E-state index contributed by atoms with van der Waals surface area (Å²) in [6.07, 6.45) is -2.87. The lowest BCUT2D eigenvalue weighted by Crippen LogP contribution is -2.38. The molecule has 0 bridgehead atoms. The molecule has 1 aliphatic rings. The molecule has 0 saturated carbocycles. The summed E-state index contributed by atoms with van der Waals surface area (Å²) in [5.74, 6) is -4.61. The predicted octanol–water partition coefficient (Wildman–Crippen LogP) is 0.412. The standard InChI is InChI=1S/C10H14ClF2N2O13P3/c11-4-9(5-25-30(21,22)28-31(23,24)27-29(18,19)20)3-10(12,13)7(26-9)15-2-1-6(16)14-8(15)17/h1-2,7H,3-5H2,(H,21,22)(H,23,24)(H,14,16,17)(H2,18,19,20)/t7-,9-/m1/s1. The highest BCUT2D eigenvalue weighted by molar-refractivity contribution is 7.66. The van der Waals surface area contributed by atoms with E-state index >= 15 is 0 Å². The van der Waals surface area contributed by atoms with Crippen LogP contribution in [0.5, 0.6) is 0 Å². The molecule has 0 spiro atoms. The number of rotatable bonds is 9. The number of phosphoric ester groups is 1. The summed E-state index contributed by atoms with van der Waals surface area (Å²) in [5.41, 5.74) is -4.37. The highest BCUT2D eigenvalue weighted by Crippen LogP contribution is 2.66. The molecule has 1 aromatic heterocycles. The van der Waals surface area contributed by atoms with E-state index in [0.717, 1.165) is 6.07 Å². The average Bonchev–Trinajstić information content (AvgIpc) is 2.81. The molecule has 2 rings (SSSR count). The summed E-state index contributed by atoms with van der Waals surface area (Å²) >= 11 is 5.63. The fourth-order valence-corrected chi connectivity index (χ4v) is 5.79. The molecular formula is C10H14ClF2N2O13P3. The molecule has 1 fully saturated rings. The molecule has 0 aromatic carbocycles. The second-order valence-corrected chi connectivity index (χ2v) is 10.8. The fourth-order valence-electron chi connectivity index (χ4n) is 2.46. The van der Waals surface area contributed by atoms with Crippen molar-refractivity contribution in [3.8, 4) is 0 Å². The van der Waals surface area contributed by atoms with Gasteiger partial charge in [-0.3, -0.25) is 18.9 Å². The number of ether oxygens (including phenoxy) is 1. The van der Waals surface area contributed by atoms with Crippen LogP contribution in [0.1, 0.15) is 12.6 Å². The zero-order valence-electron chi connectivity index (χ0n) is 14.7. The minimum Gasteiger partial charge on any atom is -0.341 e. The molecule has 21 heteroatoms. The third-order valence-corrected chi connectivity index (χ3v) is 7.80. The van der Waals surface area contributed by atoms with E-state index in [2.05, 4.69) is 13.1 Å². The molecule has 5 N–H and O–H groups in total. The van der Waals surface area contributed by atoms with Crippen LogP contribution in [0, 0.1) is 0 Å². The van der Waals surface area contributed by atoms with E-state index in [0.29, 0.717) is 10.8 Å². The molecule has 0 amide bonds. The Bertz CT molecular complexity index is 1090. The van der Waals surface area contributed by atoms with E-state index in [1.165, 1.54) is 0 Å². The average molecular weight is 537 g/mol. The number of phosphoric acid groups is 3. The van der Waals surface area contributed by atoms with Gasteiger partial charge >= 0.3 is 29.2 Å². The van der Waals surface area contributed by atoms with Crippen LogP contribution >= 0.6 is 35.1 Å². The number of halogens is 3. The summed E-state index contributed by atoms with van der Waals surface area (Å²) in [6.45, 7) is -1.26. The van der Waals surface area contributed by atoms with Gasteiger partial charge in [0.15, 0.2) is 0 Å². The molecule has 178 valence electrons. The van der Waals surface area contributed by atoms with Crippen molar-refractivity contribution in [2.24, 2.45) is 0 Å². The lowest BCUT2D eigenvalue weighted by molar-refractivity contribution is -0.137. The van der Waals surface area contributed by atoms with Crippen LogP contribution in [-0.4, -0.2) is 53.1 Å². The van der Waals surface area contributed by atoms with Gasteiger partial charge in [0, 0.05) is 18.7 Å². The van der Waals surface area contributed by atoms with Gasteiger partial charge in [0.2, 0.25) is 6.23 Å². The van der Waals surface area contributed by atoms with Crippen LogP contribution in [0.2, 0.25) is 0 Å². The van der Waals surface area contributed by atoms with Gasteiger partial charge in [0.05, 0.1) is 12.5 Å². The van der Waals surface area contributed by atoms with Crippen LogP contribution < -0.4 is 11.2 Å². The molecule has 2 heterocycles. The Kier molecular flexibility index (Phi) is 7.56. The van der Waals surface area contributed by atoms with Crippen LogP contribution in [0.25, 0.3) is 0 Å². The summed E-state index contributed by atoms with van der Waals surface area (Å²) in [6, 6.07) is 0.758. The van der Waals surface area contributed by atoms with Crippen molar-refractivity contribution in [3.05, 3.63) is 33.1 Å². The molecule has 0 aliphatic carbocycles. The molecule has 15 nitrogen and oxygen atoms in total. The fraction of sp³-hybridized carbons (Fsp3) is 0.600. The largest absolute Gasteiger partial charge is 0.490 e. The Labute approximate surface area is 175 Å². The second-order valence-electron chi connectivity index (χ2n) is 6.11. The number of aromatic nitrogens is 2. The van der Waals surface area contributed by atoms with Crippen molar-refractivity contribution in [2.45, 2.75) is 24.2 Å². The predicted molar refractivity (Wildman–Crippen MR) is 94.3 cm³/mol. The minimum atomic E-state index is -5.83. The summed E-state index contributed by atoms with van der Waals surface area (Å²) in [5, 5.41) is 0. The smallest absolute Gasteiger partial charge is 0.341 e.